The first kappa shape index (κ1) is 36.6. The van der Waals surface area contributed by atoms with E-state index in [4.69, 9.17) is 16.3 Å². The van der Waals surface area contributed by atoms with E-state index in [1.165, 1.54) is 41.8 Å². The lowest BCUT2D eigenvalue weighted by molar-refractivity contribution is -0.115. The van der Waals surface area contributed by atoms with E-state index >= 15 is 0 Å². The second kappa shape index (κ2) is 16.9. The zero-order valence-electron chi connectivity index (χ0n) is 28.5. The number of hydrogen-bond donors (Lipinski definition) is 3. The number of thiophene rings is 1. The summed E-state index contributed by atoms with van der Waals surface area (Å²) in [5.41, 5.74) is 4.07. The van der Waals surface area contributed by atoms with E-state index in [9.17, 15) is 19.2 Å². The second-order valence-electron chi connectivity index (χ2n) is 12.2. The summed E-state index contributed by atoms with van der Waals surface area (Å²) in [6.45, 7) is 1.78. The summed E-state index contributed by atoms with van der Waals surface area (Å²) in [6, 6.07) is 33.0. The monoisotopic (exact) mass is 749 g/mol. The fourth-order valence-electron chi connectivity index (χ4n) is 6.01. The van der Waals surface area contributed by atoms with E-state index in [0.717, 1.165) is 34.6 Å². The molecule has 2 atom stereocenters. The maximum Gasteiger partial charge on any atom is 0.341 e. The van der Waals surface area contributed by atoms with Crippen molar-refractivity contribution < 1.29 is 23.9 Å². The Morgan fingerprint density at radius 3 is 2.35 bits per heavy atom. The predicted molar refractivity (Wildman–Crippen MR) is 209 cm³/mol. The van der Waals surface area contributed by atoms with Crippen LogP contribution in [0.4, 0.5) is 10.7 Å². The first-order chi connectivity index (χ1) is 25.2. The zero-order valence-corrected chi connectivity index (χ0v) is 30.9. The summed E-state index contributed by atoms with van der Waals surface area (Å²) >= 11 is 9.12. The van der Waals surface area contributed by atoms with Gasteiger partial charge in [0.1, 0.15) is 10.7 Å². The molecule has 3 N–H and O–H groups in total. The lowest BCUT2D eigenvalue weighted by Gasteiger charge is -2.22. The number of nitrogens with one attached hydrogen (secondary N) is 3. The second-order valence-corrected chi connectivity index (χ2v) is 15.1. The van der Waals surface area contributed by atoms with E-state index in [-0.39, 0.29) is 11.6 Å². The van der Waals surface area contributed by atoms with Gasteiger partial charge in [0, 0.05) is 26.0 Å². The SMILES string of the molecule is COC(=O)c1c(NC(=O)C(C)Sc2cccc(NC(=O)/C(=C\c3ccccc3Cl)NC(=O)c3ccccc3)c2)sc2c1CCC(c1ccccc1)C2. The van der Waals surface area contributed by atoms with Crippen LogP contribution in [-0.4, -0.2) is 36.1 Å². The number of halogens is 1. The van der Waals surface area contributed by atoms with Gasteiger partial charge in [0.05, 0.1) is 17.9 Å². The van der Waals surface area contributed by atoms with Gasteiger partial charge in [-0.25, -0.2) is 4.79 Å². The van der Waals surface area contributed by atoms with Gasteiger partial charge < -0.3 is 20.7 Å². The number of benzene rings is 4. The molecule has 52 heavy (non-hydrogen) atoms. The number of carbonyl (C=O) groups is 4. The van der Waals surface area contributed by atoms with Crippen molar-refractivity contribution >= 4 is 75.2 Å². The summed E-state index contributed by atoms with van der Waals surface area (Å²) in [4.78, 5) is 54.9. The number of amides is 3. The number of rotatable bonds is 11. The van der Waals surface area contributed by atoms with Crippen molar-refractivity contribution in [3.05, 3.63) is 153 Å². The van der Waals surface area contributed by atoms with Crippen molar-refractivity contribution in [2.45, 2.75) is 42.2 Å². The van der Waals surface area contributed by atoms with E-state index < -0.39 is 23.0 Å². The quantitative estimate of drug-likeness (QED) is 0.0706. The first-order valence-corrected chi connectivity index (χ1v) is 18.8. The Hall–Kier alpha value is -5.16. The van der Waals surface area contributed by atoms with Gasteiger partial charge in [0.2, 0.25) is 5.91 Å². The van der Waals surface area contributed by atoms with Crippen molar-refractivity contribution in [1.29, 1.82) is 0 Å². The molecule has 0 aliphatic heterocycles. The van der Waals surface area contributed by atoms with Crippen LogP contribution in [0.3, 0.4) is 0 Å². The van der Waals surface area contributed by atoms with Gasteiger partial charge in [-0.3, -0.25) is 14.4 Å². The summed E-state index contributed by atoms with van der Waals surface area (Å²) in [7, 11) is 1.35. The molecule has 11 heteroatoms. The number of carbonyl (C=O) groups excluding carboxylic acids is 4. The van der Waals surface area contributed by atoms with Gasteiger partial charge in [-0.05, 0) is 91.3 Å². The predicted octanol–water partition coefficient (Wildman–Crippen LogP) is 8.99. The lowest BCUT2D eigenvalue weighted by atomic mass is 9.83. The molecule has 5 aromatic rings. The minimum atomic E-state index is -0.552. The maximum atomic E-state index is 13.6. The molecule has 1 aliphatic carbocycles. The Morgan fingerprint density at radius 2 is 1.62 bits per heavy atom. The van der Waals surface area contributed by atoms with Crippen LogP contribution in [0.2, 0.25) is 5.02 Å². The topological polar surface area (TPSA) is 114 Å². The van der Waals surface area contributed by atoms with Crippen molar-refractivity contribution in [2.75, 3.05) is 17.7 Å². The number of ether oxygens (including phenoxy) is 1. The van der Waals surface area contributed by atoms with Gasteiger partial charge in [0.15, 0.2) is 0 Å². The van der Waals surface area contributed by atoms with Crippen LogP contribution in [0, 0.1) is 0 Å². The highest BCUT2D eigenvalue weighted by Gasteiger charge is 2.31. The Kier molecular flexibility index (Phi) is 11.9. The van der Waals surface area contributed by atoms with Crippen LogP contribution in [-0.2, 0) is 27.2 Å². The van der Waals surface area contributed by atoms with Crippen molar-refractivity contribution in [3.63, 3.8) is 0 Å². The smallest absolute Gasteiger partial charge is 0.341 e. The molecule has 1 aliphatic rings. The number of esters is 1. The number of methoxy groups -OCH3 is 1. The molecule has 1 aromatic heterocycles. The van der Waals surface area contributed by atoms with E-state index in [1.807, 2.05) is 24.3 Å². The van der Waals surface area contributed by atoms with E-state index in [0.29, 0.717) is 38.3 Å². The van der Waals surface area contributed by atoms with Crippen molar-refractivity contribution in [1.82, 2.24) is 5.32 Å². The molecule has 0 saturated carbocycles. The van der Waals surface area contributed by atoms with Crippen LogP contribution in [0.25, 0.3) is 6.08 Å². The van der Waals surface area contributed by atoms with Crippen molar-refractivity contribution in [2.24, 2.45) is 0 Å². The molecule has 0 fully saturated rings. The normalized spacial score (nSPS) is 14.4. The molecule has 0 radical (unpaired) electrons. The molecule has 1 heterocycles. The third-order valence-corrected chi connectivity index (χ3v) is 11.3. The highest BCUT2D eigenvalue weighted by atomic mass is 35.5. The fourth-order valence-corrected chi connectivity index (χ4v) is 8.44. The molecule has 8 nitrogen and oxygen atoms in total. The van der Waals surface area contributed by atoms with Crippen LogP contribution in [0.5, 0.6) is 0 Å². The minimum absolute atomic E-state index is 0.00268. The number of thioether (sulfide) groups is 1. The molecular weight excluding hydrogens is 714 g/mol. The Balaban J connectivity index is 1.15. The largest absolute Gasteiger partial charge is 0.465 e. The fraction of sp³-hybridized carbons (Fsp3) is 0.171. The molecule has 0 bridgehead atoms. The maximum absolute atomic E-state index is 13.6. The van der Waals surface area contributed by atoms with Gasteiger partial charge in [-0.2, -0.15) is 0 Å². The lowest BCUT2D eigenvalue weighted by Crippen LogP contribution is -2.30. The standard InChI is InChI=1S/C41H36ClN3O5S2/c1-25(37(46)45-40-36(41(49)50-2)32-21-20-28(23-35(32)52-40)26-12-5-3-6-13-26)51-31-18-11-17-30(24-31)43-39(48)34(22-29-16-9-10-19-33(29)42)44-38(47)27-14-7-4-8-15-27/h3-19,22,24-25,28H,20-21,23H2,1-2H3,(H,43,48)(H,44,47)(H,45,46)/b34-22+. The number of hydrogen-bond acceptors (Lipinski definition) is 7. The average molecular weight is 750 g/mol. The highest BCUT2D eigenvalue weighted by molar-refractivity contribution is 8.00. The first-order valence-electron chi connectivity index (χ1n) is 16.7. The van der Waals surface area contributed by atoms with Gasteiger partial charge in [0.25, 0.3) is 11.8 Å². The van der Waals surface area contributed by atoms with Gasteiger partial charge >= 0.3 is 5.97 Å². The molecular formula is C41H36ClN3O5S2. The van der Waals surface area contributed by atoms with Gasteiger partial charge in [-0.15, -0.1) is 23.1 Å². The van der Waals surface area contributed by atoms with Crippen molar-refractivity contribution in [3.8, 4) is 0 Å². The molecule has 0 saturated heterocycles. The molecule has 2 unspecified atom stereocenters. The molecule has 6 rings (SSSR count). The number of fused-ring (bicyclic) bond motifs is 1. The summed E-state index contributed by atoms with van der Waals surface area (Å²) < 4.78 is 5.14. The zero-order chi connectivity index (χ0) is 36.6. The molecule has 3 amide bonds. The van der Waals surface area contributed by atoms with E-state index in [2.05, 4.69) is 28.1 Å². The Morgan fingerprint density at radius 1 is 0.904 bits per heavy atom. The third kappa shape index (κ3) is 8.82. The Bertz CT molecular complexity index is 2130. The van der Waals surface area contributed by atoms with Crippen LogP contribution in [0.1, 0.15) is 61.5 Å². The molecule has 264 valence electrons. The van der Waals surface area contributed by atoms with Crippen LogP contribution >= 0.6 is 34.7 Å². The molecule has 0 spiro atoms. The number of anilines is 2. The average Bonchev–Trinajstić information content (AvgIpc) is 3.52. The summed E-state index contributed by atoms with van der Waals surface area (Å²) in [6.07, 6.45) is 3.94. The molecule has 4 aromatic carbocycles. The minimum Gasteiger partial charge on any atom is -0.465 e. The third-order valence-electron chi connectivity index (χ3n) is 8.67. The van der Waals surface area contributed by atoms with Gasteiger partial charge in [-0.1, -0.05) is 84.4 Å². The Labute approximate surface area is 315 Å². The summed E-state index contributed by atoms with van der Waals surface area (Å²) in [5.74, 6) is -1.39. The van der Waals surface area contributed by atoms with Crippen LogP contribution < -0.4 is 16.0 Å². The van der Waals surface area contributed by atoms with Crippen LogP contribution in [0.15, 0.2) is 120 Å². The van der Waals surface area contributed by atoms with E-state index in [1.54, 1.807) is 79.7 Å². The highest BCUT2D eigenvalue weighted by Crippen LogP contribution is 2.43. The summed E-state index contributed by atoms with van der Waals surface area (Å²) in [5, 5.41) is 8.96.